The molecule has 0 atom stereocenters. The van der Waals surface area contributed by atoms with Gasteiger partial charge in [-0.05, 0) is 18.2 Å². The van der Waals surface area contributed by atoms with E-state index in [1.165, 1.54) is 0 Å². The molecule has 90 valence electrons. The molecule has 3 nitrogen and oxygen atoms in total. The van der Waals surface area contributed by atoms with Crippen LogP contribution >= 0.6 is 0 Å². The summed E-state index contributed by atoms with van der Waals surface area (Å²) in [5.41, 5.74) is 3.11. The molecule has 0 bridgehead atoms. The molecular formula is C11H9F3N2O. The molecule has 0 unspecified atom stereocenters. The number of nitrogens with zero attached hydrogens (tertiary/aromatic N) is 1. The third-order valence-electron chi connectivity index (χ3n) is 2.21. The van der Waals surface area contributed by atoms with E-state index in [1.807, 2.05) is 13.0 Å². The van der Waals surface area contributed by atoms with Crippen LogP contribution in [0.4, 0.5) is 13.2 Å². The maximum atomic E-state index is 12.3. The van der Waals surface area contributed by atoms with Gasteiger partial charge in [-0.15, -0.1) is 5.10 Å². The number of rotatable bonds is 0. The molecule has 0 spiro atoms. The second kappa shape index (κ2) is 3.80. The third-order valence-corrected chi connectivity index (χ3v) is 2.21. The third kappa shape index (κ3) is 2.25. The highest BCUT2D eigenvalue weighted by Gasteiger charge is 2.41. The minimum absolute atomic E-state index is 0.0500. The molecule has 17 heavy (non-hydrogen) atoms. The first-order valence-corrected chi connectivity index (χ1v) is 4.76. The first kappa shape index (κ1) is 11.5. The molecule has 0 fully saturated rings. The van der Waals surface area contributed by atoms with Crippen molar-refractivity contribution >= 4 is 18.4 Å². The fraction of sp³-hybridized carbons (Fsp3) is 0.182. The van der Waals surface area contributed by atoms with Crippen molar-refractivity contribution in [2.45, 2.75) is 13.1 Å². The fourth-order valence-corrected chi connectivity index (χ4v) is 1.38. The summed E-state index contributed by atoms with van der Waals surface area (Å²) in [6.07, 6.45) is -4.60. The van der Waals surface area contributed by atoms with Crippen molar-refractivity contribution in [2.24, 2.45) is 5.10 Å². The monoisotopic (exact) mass is 242 g/mol. The molecule has 1 aromatic carbocycles. The SMILES string of the molecule is C=c1ccc(C)cc1=C1NN=C(C(F)(F)F)O1. The topological polar surface area (TPSA) is 33.6 Å². The van der Waals surface area contributed by atoms with Crippen LogP contribution in [-0.4, -0.2) is 12.1 Å². The Balaban J connectivity index is 2.46. The molecule has 1 aromatic rings. The minimum atomic E-state index is -4.60. The summed E-state index contributed by atoms with van der Waals surface area (Å²) in [7, 11) is 0. The maximum absolute atomic E-state index is 12.3. The smallest absolute Gasteiger partial charge is 0.415 e. The summed E-state index contributed by atoms with van der Waals surface area (Å²) in [4.78, 5) is 0. The van der Waals surface area contributed by atoms with E-state index < -0.39 is 12.1 Å². The second-order valence-electron chi connectivity index (χ2n) is 3.62. The molecule has 0 aromatic heterocycles. The average molecular weight is 242 g/mol. The number of alkyl halides is 3. The molecular weight excluding hydrogens is 233 g/mol. The number of halogens is 3. The van der Waals surface area contributed by atoms with Gasteiger partial charge in [-0.2, -0.15) is 13.2 Å². The van der Waals surface area contributed by atoms with Crippen LogP contribution < -0.4 is 15.9 Å². The zero-order valence-electron chi connectivity index (χ0n) is 8.93. The van der Waals surface area contributed by atoms with Gasteiger partial charge in [-0.3, -0.25) is 0 Å². The zero-order valence-corrected chi connectivity index (χ0v) is 8.93. The number of hydrogen-bond donors (Lipinski definition) is 1. The average Bonchev–Trinajstić information content (AvgIpc) is 2.70. The molecule has 0 amide bonds. The van der Waals surface area contributed by atoms with Gasteiger partial charge in [0, 0.05) is 5.22 Å². The highest BCUT2D eigenvalue weighted by molar-refractivity contribution is 5.87. The molecule has 1 N–H and O–H groups in total. The van der Waals surface area contributed by atoms with Crippen molar-refractivity contribution < 1.29 is 17.9 Å². The van der Waals surface area contributed by atoms with E-state index in [9.17, 15) is 13.2 Å². The van der Waals surface area contributed by atoms with Gasteiger partial charge in [0.05, 0.1) is 0 Å². The predicted octanol–water partition coefficient (Wildman–Crippen LogP) is 0.967. The molecule has 1 heterocycles. The zero-order chi connectivity index (χ0) is 12.6. The summed E-state index contributed by atoms with van der Waals surface area (Å²) < 4.78 is 41.6. The standard InChI is InChI=1S/C11H9F3N2O/c1-6-3-4-7(2)8(5-6)9-15-16-10(17-9)11(12,13)14/h3-5,15H,2H2,1H3. The highest BCUT2D eigenvalue weighted by Crippen LogP contribution is 2.21. The first-order chi connectivity index (χ1) is 7.88. The van der Waals surface area contributed by atoms with Crippen molar-refractivity contribution in [3.8, 4) is 0 Å². The molecule has 6 heteroatoms. The number of benzene rings is 1. The summed E-state index contributed by atoms with van der Waals surface area (Å²) in [5.74, 6) is -1.35. The Kier molecular flexibility index (Phi) is 2.57. The Labute approximate surface area is 94.9 Å². The van der Waals surface area contributed by atoms with Crippen molar-refractivity contribution in [1.82, 2.24) is 5.43 Å². The van der Waals surface area contributed by atoms with Crippen LogP contribution in [0.25, 0.3) is 12.5 Å². The quantitative estimate of drug-likeness (QED) is 0.735. The summed E-state index contributed by atoms with van der Waals surface area (Å²) in [5, 5.41) is 4.12. The highest BCUT2D eigenvalue weighted by atomic mass is 19.4. The number of nitrogens with one attached hydrogen (secondary N) is 1. The van der Waals surface area contributed by atoms with Gasteiger partial charge >= 0.3 is 12.1 Å². The number of aryl methyl sites for hydroxylation is 1. The van der Waals surface area contributed by atoms with E-state index in [2.05, 4.69) is 21.8 Å². The van der Waals surface area contributed by atoms with Crippen LogP contribution in [0.3, 0.4) is 0 Å². The summed E-state index contributed by atoms with van der Waals surface area (Å²) >= 11 is 0. The van der Waals surface area contributed by atoms with Crippen LogP contribution in [0.15, 0.2) is 23.3 Å². The van der Waals surface area contributed by atoms with Gasteiger partial charge in [-0.1, -0.05) is 24.3 Å². The molecule has 1 aliphatic rings. The number of hydrogen-bond acceptors (Lipinski definition) is 3. The summed E-state index contributed by atoms with van der Waals surface area (Å²) in [6, 6.07) is 5.20. The van der Waals surface area contributed by atoms with Crippen molar-refractivity contribution in [2.75, 3.05) is 0 Å². The van der Waals surface area contributed by atoms with Gasteiger partial charge in [0.25, 0.3) is 0 Å². The normalized spacial score (nSPS) is 18.5. The lowest BCUT2D eigenvalue weighted by Gasteiger charge is -2.04. The van der Waals surface area contributed by atoms with Gasteiger partial charge in [0.2, 0.25) is 5.88 Å². The van der Waals surface area contributed by atoms with Crippen LogP contribution in [0.5, 0.6) is 0 Å². The van der Waals surface area contributed by atoms with E-state index in [1.54, 1.807) is 12.1 Å². The molecule has 1 aliphatic heterocycles. The number of ether oxygens (including phenoxy) is 1. The van der Waals surface area contributed by atoms with E-state index in [4.69, 9.17) is 0 Å². The molecule has 0 radical (unpaired) electrons. The fourth-order valence-electron chi connectivity index (χ4n) is 1.38. The maximum Gasteiger partial charge on any atom is 0.470 e. The lowest BCUT2D eigenvalue weighted by Crippen LogP contribution is -2.30. The molecule has 2 rings (SSSR count). The van der Waals surface area contributed by atoms with Crippen LogP contribution in [0, 0.1) is 6.92 Å². The van der Waals surface area contributed by atoms with Gasteiger partial charge < -0.3 is 4.74 Å². The van der Waals surface area contributed by atoms with Crippen LogP contribution in [0.2, 0.25) is 0 Å². The Hall–Kier alpha value is -1.98. The van der Waals surface area contributed by atoms with Crippen LogP contribution in [-0.2, 0) is 4.74 Å². The second-order valence-corrected chi connectivity index (χ2v) is 3.62. The van der Waals surface area contributed by atoms with Crippen molar-refractivity contribution in [1.29, 1.82) is 0 Å². The minimum Gasteiger partial charge on any atom is -0.415 e. The molecule has 0 saturated heterocycles. The lowest BCUT2D eigenvalue weighted by molar-refractivity contribution is -0.0715. The van der Waals surface area contributed by atoms with Gasteiger partial charge in [0.1, 0.15) is 0 Å². The Morgan fingerprint density at radius 2 is 2.06 bits per heavy atom. The Morgan fingerprint density at radius 3 is 2.65 bits per heavy atom. The predicted molar refractivity (Wildman–Crippen MR) is 57.1 cm³/mol. The largest absolute Gasteiger partial charge is 0.470 e. The van der Waals surface area contributed by atoms with E-state index in [0.29, 0.717) is 10.4 Å². The van der Waals surface area contributed by atoms with Crippen molar-refractivity contribution in [3.63, 3.8) is 0 Å². The summed E-state index contributed by atoms with van der Waals surface area (Å²) in [6.45, 7) is 5.54. The Bertz CT molecular complexity index is 590. The van der Waals surface area contributed by atoms with Crippen molar-refractivity contribution in [3.05, 3.63) is 34.2 Å². The lowest BCUT2D eigenvalue weighted by atomic mass is 10.2. The molecule has 0 aliphatic carbocycles. The number of hydrazone groups is 1. The van der Waals surface area contributed by atoms with Crippen LogP contribution in [0.1, 0.15) is 5.56 Å². The first-order valence-electron chi connectivity index (χ1n) is 4.76. The van der Waals surface area contributed by atoms with E-state index in [0.717, 1.165) is 5.56 Å². The molecule has 0 saturated carbocycles. The van der Waals surface area contributed by atoms with E-state index in [-0.39, 0.29) is 5.88 Å². The van der Waals surface area contributed by atoms with Gasteiger partial charge in [-0.25, -0.2) is 5.43 Å². The van der Waals surface area contributed by atoms with E-state index >= 15 is 0 Å². The van der Waals surface area contributed by atoms with Gasteiger partial charge in [0.15, 0.2) is 0 Å². The Morgan fingerprint density at radius 1 is 1.35 bits per heavy atom.